The molecule has 0 heterocycles. The van der Waals surface area contributed by atoms with Gasteiger partial charge < -0.3 is 4.90 Å². The summed E-state index contributed by atoms with van der Waals surface area (Å²) in [4.78, 5) is 1.66. The topological polar surface area (TPSA) is 3.24 Å². The number of hydrogen-bond donors (Lipinski definition) is 0. The molecule has 8 rings (SSSR count). The van der Waals surface area contributed by atoms with Crippen molar-refractivity contribution in [2.45, 2.75) is 0 Å². The Morgan fingerprint density at radius 3 is 1.68 bits per heavy atom. The van der Waals surface area contributed by atoms with Crippen LogP contribution in [0.5, 0.6) is 0 Å². The fourth-order valence-corrected chi connectivity index (χ4v) is 5.69. The van der Waals surface area contributed by atoms with Gasteiger partial charge in [0, 0.05) is 16.9 Å². The van der Waals surface area contributed by atoms with E-state index in [0.717, 1.165) is 33.0 Å². The molecule has 1 heteroatoms. The molecule has 0 spiro atoms. The van der Waals surface area contributed by atoms with Crippen molar-refractivity contribution in [2.24, 2.45) is 0 Å². The van der Waals surface area contributed by atoms with Crippen molar-refractivity contribution < 1.29 is 17.8 Å². The molecule has 0 N–H and O–H groups in total. The molecule has 0 fully saturated rings. The molecular weight excluding hydrogens is 567 g/mol. The van der Waals surface area contributed by atoms with Crippen molar-refractivity contribution in [3.05, 3.63) is 200 Å². The van der Waals surface area contributed by atoms with Crippen LogP contribution in [0.3, 0.4) is 0 Å². The number of para-hydroxylation sites is 1. The minimum Gasteiger partial charge on any atom is -0.310 e. The molecule has 0 aliphatic rings. The van der Waals surface area contributed by atoms with Crippen LogP contribution < -0.4 is 4.90 Å². The van der Waals surface area contributed by atoms with Gasteiger partial charge in [0.15, 0.2) is 0 Å². The quantitative estimate of drug-likeness (QED) is 0.173. The van der Waals surface area contributed by atoms with Gasteiger partial charge in [0.05, 0.1) is 23.5 Å². The van der Waals surface area contributed by atoms with Gasteiger partial charge >= 0.3 is 0 Å². The molecule has 47 heavy (non-hydrogen) atoms. The molecule has 0 aliphatic carbocycles. The Morgan fingerprint density at radius 1 is 0.362 bits per heavy atom. The first-order chi connectivity index (χ1) is 28.7. The van der Waals surface area contributed by atoms with Gasteiger partial charge in [-0.25, -0.2) is 0 Å². The highest BCUT2D eigenvalue weighted by molar-refractivity contribution is 5.98. The maximum absolute atomic E-state index is 9.54. The van der Waals surface area contributed by atoms with Crippen LogP contribution in [0.15, 0.2) is 200 Å². The molecule has 8 aromatic rings. The van der Waals surface area contributed by atoms with Crippen LogP contribution in [0.25, 0.3) is 55.3 Å². The Balaban J connectivity index is 1.39. The third kappa shape index (κ3) is 5.72. The summed E-state index contributed by atoms with van der Waals surface area (Å²) in [6.07, 6.45) is 0. The molecule has 0 aliphatic heterocycles. The zero-order valence-electron chi connectivity index (χ0n) is 38.0. The standard InChI is InChI=1S/C46H33N/c1-3-13-34(14-4-1)35-25-27-36(28-26-35)37-29-31-41(32-30-37)47(46-24-10-9-22-45(46)39-15-5-2-6-16-39)42-20-11-19-40(33-42)44-23-12-18-38-17-7-8-21-43(38)44/h1-33H/i1D,3D,4D,13D,14D,25D,26D,27D,28D,29D,30D,31D,32D. The molecule has 1 nitrogen and oxygen atoms in total. The molecule has 0 amide bonds. The molecule has 8 aromatic carbocycles. The Labute approximate surface area is 294 Å². The number of benzene rings is 8. The van der Waals surface area contributed by atoms with Crippen molar-refractivity contribution in [2.75, 3.05) is 4.90 Å². The summed E-state index contributed by atoms with van der Waals surface area (Å²) in [5, 5.41) is 2.05. The third-order valence-corrected chi connectivity index (χ3v) is 7.90. The van der Waals surface area contributed by atoms with Gasteiger partial charge in [0.25, 0.3) is 0 Å². The Hall–Kier alpha value is -6.18. The number of fused-ring (bicyclic) bond motifs is 1. The highest BCUT2D eigenvalue weighted by Crippen LogP contribution is 2.42. The lowest BCUT2D eigenvalue weighted by atomic mass is 9.97. The molecule has 222 valence electrons. The van der Waals surface area contributed by atoms with Gasteiger partial charge in [0.1, 0.15) is 0 Å². The van der Waals surface area contributed by atoms with E-state index in [2.05, 4.69) is 0 Å². The zero-order chi connectivity index (χ0) is 42.7. The van der Waals surface area contributed by atoms with E-state index in [0.29, 0.717) is 11.4 Å². The minimum atomic E-state index is -0.769. The number of nitrogens with zero attached hydrogens (tertiary/aromatic N) is 1. The summed E-state index contributed by atoms with van der Waals surface area (Å²) in [6, 6.07) is 29.6. The largest absolute Gasteiger partial charge is 0.310 e. The van der Waals surface area contributed by atoms with Gasteiger partial charge in [-0.3, -0.25) is 0 Å². The highest BCUT2D eigenvalue weighted by atomic mass is 15.1. The smallest absolute Gasteiger partial charge is 0.0645 e. The predicted molar refractivity (Wildman–Crippen MR) is 200 cm³/mol. The van der Waals surface area contributed by atoms with Gasteiger partial charge in [0.2, 0.25) is 0 Å². The van der Waals surface area contributed by atoms with Gasteiger partial charge in [-0.2, -0.15) is 0 Å². The van der Waals surface area contributed by atoms with E-state index in [1.54, 1.807) is 4.90 Å². The lowest BCUT2D eigenvalue weighted by Gasteiger charge is -2.28. The summed E-state index contributed by atoms with van der Waals surface area (Å²) in [7, 11) is 0. The lowest BCUT2D eigenvalue weighted by molar-refractivity contribution is 1.28. The molecule has 0 saturated heterocycles. The molecule has 0 saturated carbocycles. The maximum atomic E-state index is 9.54. The molecule has 0 aromatic heterocycles. The Kier molecular flexibility index (Phi) is 4.72. The molecule has 0 unspecified atom stereocenters. The molecule has 0 atom stereocenters. The monoisotopic (exact) mass is 612 g/mol. The van der Waals surface area contributed by atoms with E-state index in [1.807, 2.05) is 121 Å². The summed E-state index contributed by atoms with van der Waals surface area (Å²) >= 11 is 0. The van der Waals surface area contributed by atoms with Crippen LogP contribution >= 0.6 is 0 Å². The second kappa shape index (κ2) is 12.7. The van der Waals surface area contributed by atoms with E-state index in [-0.39, 0.29) is 5.69 Å². The van der Waals surface area contributed by atoms with E-state index < -0.39 is 101 Å². The lowest BCUT2D eigenvalue weighted by Crippen LogP contribution is -2.11. The van der Waals surface area contributed by atoms with E-state index >= 15 is 0 Å². The van der Waals surface area contributed by atoms with Crippen LogP contribution in [0.1, 0.15) is 17.8 Å². The average Bonchev–Trinajstić information content (AvgIpc) is 3.27. The fraction of sp³-hybridized carbons (Fsp3) is 0. The van der Waals surface area contributed by atoms with Crippen LogP contribution in [-0.4, -0.2) is 0 Å². The van der Waals surface area contributed by atoms with Crippen molar-refractivity contribution in [3.8, 4) is 44.5 Å². The first kappa shape index (κ1) is 17.5. The van der Waals surface area contributed by atoms with Gasteiger partial charge in [-0.15, -0.1) is 0 Å². The van der Waals surface area contributed by atoms with Crippen molar-refractivity contribution in [3.63, 3.8) is 0 Å². The van der Waals surface area contributed by atoms with Crippen LogP contribution in [0.4, 0.5) is 17.1 Å². The van der Waals surface area contributed by atoms with E-state index in [1.165, 1.54) is 0 Å². The predicted octanol–water partition coefficient (Wildman–Crippen LogP) is 13.0. The SMILES string of the molecule is [2H]c1c([2H])c([2H])c(-c2c([2H])c([2H])c(-c3c([2H])c([2H])c(N(c4cccc(-c5cccc6ccccc56)c4)c4ccccc4-c4ccccc4)c([2H])c3[2H])c([2H])c2[2H])c([2H])c1[2H]. The second-order valence-corrected chi connectivity index (χ2v) is 10.8. The highest BCUT2D eigenvalue weighted by Gasteiger charge is 2.18. The van der Waals surface area contributed by atoms with Crippen LogP contribution in [0, 0.1) is 0 Å². The number of anilines is 3. The number of rotatable bonds is 7. The third-order valence-electron chi connectivity index (χ3n) is 7.90. The van der Waals surface area contributed by atoms with Gasteiger partial charge in [-0.1, -0.05) is 170 Å². The van der Waals surface area contributed by atoms with Crippen molar-refractivity contribution in [1.82, 2.24) is 0 Å². The maximum Gasteiger partial charge on any atom is 0.0645 e. The van der Waals surface area contributed by atoms with E-state index in [9.17, 15) is 5.48 Å². The Bertz CT molecular complexity index is 2950. The first-order valence-electron chi connectivity index (χ1n) is 21.6. The first-order valence-corrected chi connectivity index (χ1v) is 15.1. The molecular formula is C46H33N. The summed E-state index contributed by atoms with van der Waals surface area (Å²) in [6.45, 7) is 0. The molecule has 0 radical (unpaired) electrons. The van der Waals surface area contributed by atoms with E-state index in [4.69, 9.17) is 12.3 Å². The minimum absolute atomic E-state index is 0.127. The Morgan fingerprint density at radius 2 is 0.915 bits per heavy atom. The zero-order valence-corrected chi connectivity index (χ0v) is 25.0. The summed E-state index contributed by atoms with van der Waals surface area (Å²) in [5.41, 5.74) is 2.18. The van der Waals surface area contributed by atoms with Crippen molar-refractivity contribution >= 4 is 27.8 Å². The fourth-order valence-electron chi connectivity index (χ4n) is 5.69. The van der Waals surface area contributed by atoms with Crippen molar-refractivity contribution in [1.29, 1.82) is 0 Å². The second-order valence-electron chi connectivity index (χ2n) is 10.8. The van der Waals surface area contributed by atoms with Gasteiger partial charge in [-0.05, 0) is 80.0 Å². The molecule has 0 bridgehead atoms. The number of hydrogen-bond acceptors (Lipinski definition) is 1. The normalized spacial score (nSPS) is 14.9. The van der Waals surface area contributed by atoms with Crippen LogP contribution in [-0.2, 0) is 0 Å². The van der Waals surface area contributed by atoms with Crippen LogP contribution in [0.2, 0.25) is 0 Å². The average molecular weight is 613 g/mol. The summed E-state index contributed by atoms with van der Waals surface area (Å²) < 4.78 is 115. The summed E-state index contributed by atoms with van der Waals surface area (Å²) in [5.74, 6) is 0.